The van der Waals surface area contributed by atoms with E-state index in [1.165, 1.54) is 25.7 Å². The van der Waals surface area contributed by atoms with E-state index in [1.54, 1.807) is 0 Å². The van der Waals surface area contributed by atoms with Crippen molar-refractivity contribution in [2.45, 2.75) is 58.4 Å². The van der Waals surface area contributed by atoms with Gasteiger partial charge in [-0.05, 0) is 13.3 Å². The van der Waals surface area contributed by atoms with Crippen molar-refractivity contribution >= 4 is 5.91 Å². The Morgan fingerprint density at radius 2 is 2.07 bits per heavy atom. The van der Waals surface area contributed by atoms with Crippen LogP contribution >= 0.6 is 0 Å². The van der Waals surface area contributed by atoms with Crippen LogP contribution in [0.15, 0.2) is 0 Å². The van der Waals surface area contributed by atoms with E-state index >= 15 is 0 Å². The van der Waals surface area contributed by atoms with Crippen molar-refractivity contribution in [3.05, 3.63) is 0 Å². The third-order valence-corrected chi connectivity index (χ3v) is 2.27. The van der Waals surface area contributed by atoms with Crippen molar-refractivity contribution in [2.75, 3.05) is 6.54 Å². The lowest BCUT2D eigenvalue weighted by Crippen LogP contribution is -2.33. The minimum atomic E-state index is 0.0792. The average molecular weight is 200 g/mol. The molecule has 0 aliphatic rings. The van der Waals surface area contributed by atoms with Gasteiger partial charge in [-0.1, -0.05) is 32.6 Å². The third-order valence-electron chi connectivity index (χ3n) is 2.27. The van der Waals surface area contributed by atoms with Crippen molar-refractivity contribution in [1.82, 2.24) is 5.32 Å². The van der Waals surface area contributed by atoms with Gasteiger partial charge in [0.2, 0.25) is 5.91 Å². The zero-order valence-corrected chi connectivity index (χ0v) is 9.51. The topological polar surface area (TPSA) is 55.1 Å². The summed E-state index contributed by atoms with van der Waals surface area (Å²) >= 11 is 0. The molecule has 14 heavy (non-hydrogen) atoms. The average Bonchev–Trinajstić information content (AvgIpc) is 2.13. The largest absolute Gasteiger partial charge is 0.354 e. The van der Waals surface area contributed by atoms with Crippen LogP contribution in [0.25, 0.3) is 0 Å². The predicted octanol–water partition coefficient (Wildman–Crippen LogP) is 1.81. The van der Waals surface area contributed by atoms with Gasteiger partial charge in [-0.25, -0.2) is 0 Å². The first kappa shape index (κ1) is 13.4. The van der Waals surface area contributed by atoms with Gasteiger partial charge in [-0.3, -0.25) is 4.79 Å². The number of hydrogen-bond acceptors (Lipinski definition) is 2. The number of nitrogens with two attached hydrogens (primary N) is 1. The van der Waals surface area contributed by atoms with Crippen molar-refractivity contribution < 1.29 is 4.79 Å². The molecule has 3 N–H and O–H groups in total. The molecule has 0 saturated carbocycles. The molecule has 3 nitrogen and oxygen atoms in total. The maximum Gasteiger partial charge on any atom is 0.221 e. The van der Waals surface area contributed by atoms with Gasteiger partial charge in [0.1, 0.15) is 0 Å². The summed E-state index contributed by atoms with van der Waals surface area (Å²) in [6.45, 7) is 4.70. The second-order valence-electron chi connectivity index (χ2n) is 3.86. The summed E-state index contributed by atoms with van der Waals surface area (Å²) in [5.41, 5.74) is 5.28. The molecule has 0 aromatic rings. The lowest BCUT2D eigenvalue weighted by atomic mass is 10.1. The van der Waals surface area contributed by atoms with Gasteiger partial charge in [-0.2, -0.15) is 0 Å². The van der Waals surface area contributed by atoms with E-state index < -0.39 is 0 Å². The summed E-state index contributed by atoms with van der Waals surface area (Å²) in [4.78, 5) is 11.2. The Labute approximate surface area is 87.4 Å². The maximum atomic E-state index is 11.2. The van der Waals surface area contributed by atoms with Crippen molar-refractivity contribution in [1.29, 1.82) is 0 Å². The van der Waals surface area contributed by atoms with E-state index in [0.29, 0.717) is 19.0 Å². The molecule has 1 atom stereocenters. The highest BCUT2D eigenvalue weighted by Crippen LogP contribution is 2.05. The highest BCUT2D eigenvalue weighted by Gasteiger charge is 2.05. The molecule has 0 aliphatic carbocycles. The van der Waals surface area contributed by atoms with E-state index in [2.05, 4.69) is 19.2 Å². The molecule has 0 rings (SSSR count). The Morgan fingerprint density at radius 3 is 2.64 bits per heavy atom. The van der Waals surface area contributed by atoms with E-state index in [9.17, 15) is 4.79 Å². The smallest absolute Gasteiger partial charge is 0.221 e. The molecule has 0 fully saturated rings. The number of amides is 1. The fourth-order valence-corrected chi connectivity index (χ4v) is 1.43. The number of hydrogen-bond donors (Lipinski definition) is 2. The molecule has 0 heterocycles. The van der Waals surface area contributed by atoms with Gasteiger partial charge in [0.05, 0.1) is 0 Å². The molecule has 0 saturated heterocycles. The number of rotatable bonds is 8. The molecular formula is C11H24N2O. The fraction of sp³-hybridized carbons (Fsp3) is 0.909. The van der Waals surface area contributed by atoms with Crippen LogP contribution in [0.1, 0.15) is 52.4 Å². The minimum absolute atomic E-state index is 0.0792. The first-order valence-corrected chi connectivity index (χ1v) is 5.70. The zero-order chi connectivity index (χ0) is 10.8. The number of carbonyl (C=O) groups excluding carboxylic acids is 1. The molecule has 0 spiro atoms. The van der Waals surface area contributed by atoms with Gasteiger partial charge >= 0.3 is 0 Å². The summed E-state index contributed by atoms with van der Waals surface area (Å²) in [6, 6.07) is 0.297. The third kappa shape index (κ3) is 8.05. The number of carbonyl (C=O) groups is 1. The monoisotopic (exact) mass is 200 g/mol. The van der Waals surface area contributed by atoms with Gasteiger partial charge < -0.3 is 11.1 Å². The summed E-state index contributed by atoms with van der Waals surface area (Å²) in [6.07, 6.45) is 6.55. The normalized spacial score (nSPS) is 12.5. The standard InChI is InChI=1S/C11H24N2O/c1-3-4-5-6-7-10(2)13-11(14)8-9-12/h10H,3-9,12H2,1-2H3,(H,13,14). The van der Waals surface area contributed by atoms with Crippen LogP contribution in [0.3, 0.4) is 0 Å². The second-order valence-corrected chi connectivity index (χ2v) is 3.86. The van der Waals surface area contributed by atoms with Gasteiger partial charge in [-0.15, -0.1) is 0 Å². The van der Waals surface area contributed by atoms with Crippen molar-refractivity contribution in [2.24, 2.45) is 5.73 Å². The van der Waals surface area contributed by atoms with Gasteiger partial charge in [0.25, 0.3) is 0 Å². The Kier molecular flexibility index (Phi) is 8.64. The van der Waals surface area contributed by atoms with Crippen LogP contribution in [-0.2, 0) is 4.79 Å². The van der Waals surface area contributed by atoms with E-state index in [1.807, 2.05) is 0 Å². The molecule has 0 aliphatic heterocycles. The van der Waals surface area contributed by atoms with Crippen molar-refractivity contribution in [3.63, 3.8) is 0 Å². The lowest BCUT2D eigenvalue weighted by Gasteiger charge is -2.13. The SMILES string of the molecule is CCCCCCC(C)NC(=O)CCN. The first-order valence-electron chi connectivity index (χ1n) is 5.70. The zero-order valence-electron chi connectivity index (χ0n) is 9.51. The molecule has 0 aromatic heterocycles. The molecular weight excluding hydrogens is 176 g/mol. The Morgan fingerprint density at radius 1 is 1.36 bits per heavy atom. The molecule has 1 unspecified atom stereocenters. The van der Waals surface area contributed by atoms with Crippen LogP contribution in [0.5, 0.6) is 0 Å². The molecule has 3 heteroatoms. The lowest BCUT2D eigenvalue weighted by molar-refractivity contribution is -0.121. The van der Waals surface area contributed by atoms with Crippen molar-refractivity contribution in [3.8, 4) is 0 Å². The number of unbranched alkanes of at least 4 members (excludes halogenated alkanes) is 3. The first-order chi connectivity index (χ1) is 6.70. The highest BCUT2D eigenvalue weighted by molar-refractivity contribution is 5.76. The quantitative estimate of drug-likeness (QED) is 0.587. The Balaban J connectivity index is 3.35. The molecule has 1 amide bonds. The van der Waals surface area contributed by atoms with Gasteiger partial charge in [0.15, 0.2) is 0 Å². The summed E-state index contributed by atoms with van der Waals surface area (Å²) in [7, 11) is 0. The van der Waals surface area contributed by atoms with Gasteiger partial charge in [0, 0.05) is 19.0 Å². The Bertz CT molecular complexity index is 148. The fourth-order valence-electron chi connectivity index (χ4n) is 1.43. The minimum Gasteiger partial charge on any atom is -0.354 e. The second kappa shape index (κ2) is 9.00. The molecule has 0 radical (unpaired) electrons. The highest BCUT2D eigenvalue weighted by atomic mass is 16.1. The number of nitrogens with one attached hydrogen (secondary N) is 1. The van der Waals surface area contributed by atoms with Crippen LogP contribution < -0.4 is 11.1 Å². The van der Waals surface area contributed by atoms with E-state index in [-0.39, 0.29) is 5.91 Å². The molecule has 0 aromatic carbocycles. The maximum absolute atomic E-state index is 11.2. The Hall–Kier alpha value is -0.570. The summed E-state index contributed by atoms with van der Waals surface area (Å²) in [5.74, 6) is 0.0792. The van der Waals surface area contributed by atoms with Crippen LogP contribution in [0, 0.1) is 0 Å². The molecule has 0 bridgehead atoms. The van der Waals surface area contributed by atoms with E-state index in [0.717, 1.165) is 6.42 Å². The molecule has 84 valence electrons. The van der Waals surface area contributed by atoms with Crippen LogP contribution in [0.2, 0.25) is 0 Å². The van der Waals surface area contributed by atoms with E-state index in [4.69, 9.17) is 5.73 Å². The summed E-state index contributed by atoms with van der Waals surface area (Å²) in [5, 5.41) is 2.94. The van der Waals surface area contributed by atoms with Crippen LogP contribution in [-0.4, -0.2) is 18.5 Å². The summed E-state index contributed by atoms with van der Waals surface area (Å²) < 4.78 is 0. The predicted molar refractivity (Wildman–Crippen MR) is 60.0 cm³/mol. The van der Waals surface area contributed by atoms with Crippen LogP contribution in [0.4, 0.5) is 0 Å².